The number of piperazine rings is 1. The number of hydrogen-bond donors (Lipinski definition) is 1. The maximum atomic E-state index is 12.9. The Labute approximate surface area is 247 Å². The molecule has 2 amide bonds. The predicted octanol–water partition coefficient (Wildman–Crippen LogP) is 5.69. The minimum atomic E-state index is -4.71. The van der Waals surface area contributed by atoms with Crippen LogP contribution in [0.3, 0.4) is 0 Å². The summed E-state index contributed by atoms with van der Waals surface area (Å²) in [7, 11) is 0. The average molecular weight is 592 g/mol. The van der Waals surface area contributed by atoms with Crippen LogP contribution in [0.25, 0.3) is 5.69 Å². The molecule has 1 saturated heterocycles. The Balaban J connectivity index is 1.11. The zero-order valence-corrected chi connectivity index (χ0v) is 23.5. The second-order valence-electron chi connectivity index (χ2n) is 10.3. The number of nitrogens with one attached hydrogen (secondary N) is 1. The van der Waals surface area contributed by atoms with Crippen LogP contribution in [0.2, 0.25) is 0 Å². The van der Waals surface area contributed by atoms with Crippen LogP contribution in [-0.4, -0.2) is 63.7 Å². The molecule has 1 N–H and O–H groups in total. The van der Waals surface area contributed by atoms with Crippen molar-refractivity contribution in [2.24, 2.45) is 0 Å². The molecule has 1 aliphatic rings. The quantitative estimate of drug-likeness (QED) is 0.256. The van der Waals surface area contributed by atoms with Gasteiger partial charge in [-0.25, -0.2) is 4.98 Å². The van der Waals surface area contributed by atoms with Crippen molar-refractivity contribution in [1.29, 1.82) is 0 Å². The highest BCUT2D eigenvalue weighted by Crippen LogP contribution is 2.23. The number of carbonyl (C=O) groups excluding carboxylic acids is 2. The molecule has 5 rings (SSSR count). The van der Waals surface area contributed by atoms with E-state index < -0.39 is 6.36 Å². The summed E-state index contributed by atoms with van der Waals surface area (Å²) in [5.41, 5.74) is 3.05. The Morgan fingerprint density at radius 3 is 2.16 bits per heavy atom. The van der Waals surface area contributed by atoms with E-state index in [2.05, 4.69) is 19.9 Å². The largest absolute Gasteiger partial charge is 0.573 e. The number of amides is 2. The van der Waals surface area contributed by atoms with Crippen LogP contribution >= 0.6 is 0 Å². The summed E-state index contributed by atoms with van der Waals surface area (Å²) >= 11 is 0. The van der Waals surface area contributed by atoms with Gasteiger partial charge in [-0.05, 0) is 54.8 Å². The van der Waals surface area contributed by atoms with Crippen molar-refractivity contribution in [2.75, 3.05) is 31.5 Å². The molecule has 1 aromatic heterocycles. The monoisotopic (exact) mass is 591 g/mol. The lowest BCUT2D eigenvalue weighted by Gasteiger charge is -2.34. The van der Waals surface area contributed by atoms with Crippen molar-refractivity contribution in [3.63, 3.8) is 0 Å². The SMILES string of the molecule is O=C(Nc1nc(CCCC(=O)N2CCN(Cc3ccc(OC(F)(F)F)cc3)CC2)cn1-c1ccccc1)c1ccccc1. The summed E-state index contributed by atoms with van der Waals surface area (Å²) in [5, 5.41) is 2.91. The first-order valence-electron chi connectivity index (χ1n) is 14.1. The van der Waals surface area contributed by atoms with Gasteiger partial charge in [0.15, 0.2) is 0 Å². The topological polar surface area (TPSA) is 79.7 Å². The zero-order valence-electron chi connectivity index (χ0n) is 23.5. The third-order valence-corrected chi connectivity index (χ3v) is 7.16. The molecule has 0 aliphatic carbocycles. The summed E-state index contributed by atoms with van der Waals surface area (Å²) in [5.74, 6) is -0.00295. The Hall–Kier alpha value is -4.64. The number of alkyl halides is 3. The van der Waals surface area contributed by atoms with E-state index in [9.17, 15) is 22.8 Å². The van der Waals surface area contributed by atoms with Crippen LogP contribution in [0.4, 0.5) is 19.1 Å². The number of aromatic nitrogens is 2. The van der Waals surface area contributed by atoms with E-state index in [0.29, 0.717) is 63.5 Å². The van der Waals surface area contributed by atoms with Crippen molar-refractivity contribution < 1.29 is 27.5 Å². The number of hydrogen-bond acceptors (Lipinski definition) is 5. The highest BCUT2D eigenvalue weighted by Gasteiger charge is 2.31. The van der Waals surface area contributed by atoms with E-state index in [1.54, 1.807) is 36.4 Å². The molecule has 1 aliphatic heterocycles. The molecule has 4 aromatic rings. The first-order chi connectivity index (χ1) is 20.7. The lowest BCUT2D eigenvalue weighted by atomic mass is 10.1. The van der Waals surface area contributed by atoms with Gasteiger partial charge in [-0.1, -0.05) is 48.5 Å². The maximum absolute atomic E-state index is 12.9. The molecular formula is C32H32F3N5O3. The van der Waals surface area contributed by atoms with Gasteiger partial charge in [-0.15, -0.1) is 13.2 Å². The number of benzene rings is 3. The number of carbonyl (C=O) groups is 2. The van der Waals surface area contributed by atoms with Gasteiger partial charge in [0.2, 0.25) is 11.9 Å². The first kappa shape index (κ1) is 29.8. The number of halogens is 3. The fourth-order valence-electron chi connectivity index (χ4n) is 4.98. The molecular weight excluding hydrogens is 559 g/mol. The average Bonchev–Trinajstić information content (AvgIpc) is 3.41. The summed E-state index contributed by atoms with van der Waals surface area (Å²) in [6.07, 6.45) is -1.25. The minimum absolute atomic E-state index is 0.0772. The van der Waals surface area contributed by atoms with Gasteiger partial charge in [0.05, 0.1) is 5.69 Å². The van der Waals surface area contributed by atoms with Crippen LogP contribution in [0, 0.1) is 0 Å². The molecule has 1 fully saturated rings. The third-order valence-electron chi connectivity index (χ3n) is 7.16. The van der Waals surface area contributed by atoms with Crippen molar-refractivity contribution in [3.05, 3.63) is 108 Å². The van der Waals surface area contributed by atoms with Gasteiger partial charge in [-0.2, -0.15) is 0 Å². The molecule has 11 heteroatoms. The number of rotatable bonds is 10. The molecule has 0 bridgehead atoms. The summed E-state index contributed by atoms with van der Waals surface area (Å²) < 4.78 is 42.9. The molecule has 3 aromatic carbocycles. The summed E-state index contributed by atoms with van der Waals surface area (Å²) in [6.45, 7) is 3.12. The molecule has 2 heterocycles. The molecule has 8 nitrogen and oxygen atoms in total. The Kier molecular flexibility index (Phi) is 9.41. The number of nitrogens with zero attached hydrogens (tertiary/aromatic N) is 4. The second-order valence-corrected chi connectivity index (χ2v) is 10.3. The summed E-state index contributed by atoms with van der Waals surface area (Å²) in [4.78, 5) is 34.4. The predicted molar refractivity (Wildman–Crippen MR) is 156 cm³/mol. The van der Waals surface area contributed by atoms with Crippen LogP contribution in [0.1, 0.15) is 34.5 Å². The van der Waals surface area contributed by atoms with Crippen LogP contribution < -0.4 is 10.1 Å². The summed E-state index contributed by atoms with van der Waals surface area (Å²) in [6, 6.07) is 24.4. The normalized spacial score (nSPS) is 14.0. The molecule has 224 valence electrons. The van der Waals surface area contributed by atoms with Gasteiger partial charge in [0, 0.05) is 56.6 Å². The second kappa shape index (κ2) is 13.6. The van der Waals surface area contributed by atoms with Gasteiger partial charge < -0.3 is 9.64 Å². The fraction of sp³-hybridized carbons (Fsp3) is 0.281. The third kappa shape index (κ3) is 8.45. The van der Waals surface area contributed by atoms with E-state index in [0.717, 1.165) is 16.9 Å². The number of aryl methyl sites for hydroxylation is 1. The van der Waals surface area contributed by atoms with Crippen molar-refractivity contribution in [2.45, 2.75) is 32.2 Å². The van der Waals surface area contributed by atoms with Crippen LogP contribution in [0.15, 0.2) is 91.1 Å². The molecule has 0 atom stereocenters. The van der Waals surface area contributed by atoms with Crippen LogP contribution in [-0.2, 0) is 17.8 Å². The molecule has 0 radical (unpaired) electrons. The molecule has 0 unspecified atom stereocenters. The highest BCUT2D eigenvalue weighted by atomic mass is 19.4. The maximum Gasteiger partial charge on any atom is 0.573 e. The molecule has 0 spiro atoms. The number of anilines is 1. The van der Waals surface area contributed by atoms with E-state index in [4.69, 9.17) is 0 Å². The smallest absolute Gasteiger partial charge is 0.406 e. The van der Waals surface area contributed by atoms with E-state index in [1.165, 1.54) is 12.1 Å². The lowest BCUT2D eigenvalue weighted by molar-refractivity contribution is -0.274. The molecule has 0 saturated carbocycles. The van der Waals surface area contributed by atoms with Crippen molar-refractivity contribution >= 4 is 17.8 Å². The first-order valence-corrected chi connectivity index (χ1v) is 14.1. The van der Waals surface area contributed by atoms with Gasteiger partial charge in [-0.3, -0.25) is 24.4 Å². The standard InChI is InChI=1S/C32H32F3N5O3/c33-32(34,35)43-28-16-14-24(15-17-28)22-38-18-20-39(21-19-38)29(41)13-7-10-26-23-40(27-11-5-2-6-12-27)31(36-26)37-30(42)25-8-3-1-4-9-25/h1-6,8-9,11-12,14-17,23H,7,10,13,18-22H2,(H,36,37,42). The van der Waals surface area contributed by atoms with E-state index in [1.807, 2.05) is 52.1 Å². The van der Waals surface area contributed by atoms with E-state index in [-0.39, 0.29) is 17.6 Å². The van der Waals surface area contributed by atoms with Crippen LogP contribution in [0.5, 0.6) is 5.75 Å². The fourth-order valence-corrected chi connectivity index (χ4v) is 4.98. The highest BCUT2D eigenvalue weighted by molar-refractivity contribution is 6.03. The molecule has 43 heavy (non-hydrogen) atoms. The number of para-hydroxylation sites is 1. The minimum Gasteiger partial charge on any atom is -0.406 e. The van der Waals surface area contributed by atoms with Gasteiger partial charge >= 0.3 is 6.36 Å². The number of imidazole rings is 1. The van der Waals surface area contributed by atoms with Crippen molar-refractivity contribution in [3.8, 4) is 11.4 Å². The lowest BCUT2D eigenvalue weighted by Crippen LogP contribution is -2.48. The number of ether oxygens (including phenoxy) is 1. The van der Waals surface area contributed by atoms with E-state index >= 15 is 0 Å². The Bertz CT molecular complexity index is 1500. The zero-order chi connectivity index (χ0) is 30.2. The Morgan fingerprint density at radius 1 is 0.860 bits per heavy atom. The van der Waals surface area contributed by atoms with Gasteiger partial charge in [0.1, 0.15) is 5.75 Å². The van der Waals surface area contributed by atoms with Crippen molar-refractivity contribution in [1.82, 2.24) is 19.4 Å². The Morgan fingerprint density at radius 2 is 1.51 bits per heavy atom. The van der Waals surface area contributed by atoms with Gasteiger partial charge in [0.25, 0.3) is 5.91 Å².